The predicted octanol–water partition coefficient (Wildman–Crippen LogP) is 5.11. The molecule has 2 aromatic heterocycles. The number of fused-ring (bicyclic) bond motifs is 2. The zero-order valence-corrected chi connectivity index (χ0v) is 19.0. The van der Waals surface area contributed by atoms with Gasteiger partial charge in [-0.25, -0.2) is 4.79 Å². The number of nitriles is 1. The van der Waals surface area contributed by atoms with Crippen molar-refractivity contribution in [2.75, 3.05) is 13.2 Å². The molecule has 1 aliphatic heterocycles. The molecule has 5 rings (SSSR count). The largest absolute Gasteiger partial charge is 0.478 e. The minimum absolute atomic E-state index is 0.0131. The third-order valence-corrected chi connectivity index (χ3v) is 6.65. The number of H-pyrrole nitrogens is 1. The number of aromatic nitrogens is 3. The van der Waals surface area contributed by atoms with E-state index in [-0.39, 0.29) is 11.0 Å². The Hall–Kier alpha value is -3.63. The van der Waals surface area contributed by atoms with E-state index in [0.29, 0.717) is 19.6 Å². The zero-order valence-electron chi connectivity index (χ0n) is 19.0. The van der Waals surface area contributed by atoms with Gasteiger partial charge in [0.1, 0.15) is 0 Å². The van der Waals surface area contributed by atoms with E-state index in [9.17, 15) is 15.2 Å². The molecule has 0 bridgehead atoms. The van der Waals surface area contributed by atoms with E-state index >= 15 is 0 Å². The van der Waals surface area contributed by atoms with Crippen LogP contribution in [0.5, 0.6) is 0 Å². The van der Waals surface area contributed by atoms with Crippen molar-refractivity contribution in [3.8, 4) is 17.2 Å². The fraction of sp³-hybridized carbons (Fsp3) is 0.346. The Morgan fingerprint density at radius 3 is 2.64 bits per heavy atom. The van der Waals surface area contributed by atoms with Crippen molar-refractivity contribution >= 4 is 27.8 Å². The number of carboxylic acid groups (broad SMARTS) is 1. The summed E-state index contributed by atoms with van der Waals surface area (Å²) >= 11 is 0. The van der Waals surface area contributed by atoms with Gasteiger partial charge in [0.2, 0.25) is 0 Å². The summed E-state index contributed by atoms with van der Waals surface area (Å²) in [6, 6.07) is 13.6. The number of aromatic carboxylic acids is 1. The topological polar surface area (TPSA) is 104 Å². The van der Waals surface area contributed by atoms with E-state index in [1.165, 1.54) is 0 Å². The van der Waals surface area contributed by atoms with E-state index in [0.717, 1.165) is 45.2 Å². The van der Waals surface area contributed by atoms with Crippen molar-refractivity contribution in [3.63, 3.8) is 0 Å². The second-order valence-corrected chi connectivity index (χ2v) is 10.0. The minimum atomic E-state index is -0.953. The monoisotopic (exact) mass is 442 g/mol. The highest BCUT2D eigenvalue weighted by Gasteiger charge is 2.38. The van der Waals surface area contributed by atoms with Gasteiger partial charge in [-0.3, -0.25) is 5.10 Å². The Morgan fingerprint density at radius 1 is 1.30 bits per heavy atom. The molecule has 4 aromatic rings. The lowest BCUT2D eigenvalue weighted by atomic mass is 9.81. The average molecular weight is 443 g/mol. The second kappa shape index (κ2) is 7.46. The summed E-state index contributed by atoms with van der Waals surface area (Å²) in [5, 5.41) is 28.4. The first-order chi connectivity index (χ1) is 15.7. The number of hydrogen-bond acceptors (Lipinski definition) is 4. The predicted molar refractivity (Wildman–Crippen MR) is 126 cm³/mol. The van der Waals surface area contributed by atoms with Crippen molar-refractivity contribution in [2.45, 2.75) is 39.2 Å². The smallest absolute Gasteiger partial charge is 0.335 e. The van der Waals surface area contributed by atoms with Crippen LogP contribution in [-0.2, 0) is 16.7 Å². The summed E-state index contributed by atoms with van der Waals surface area (Å²) in [5.74, 6) is -0.953. The molecule has 1 fully saturated rings. The molecular formula is C26H26N4O3. The normalized spacial score (nSPS) is 15.5. The average Bonchev–Trinajstić information content (AvgIpc) is 3.33. The van der Waals surface area contributed by atoms with Gasteiger partial charge >= 0.3 is 5.97 Å². The van der Waals surface area contributed by atoms with Gasteiger partial charge in [-0.1, -0.05) is 32.9 Å². The van der Waals surface area contributed by atoms with Gasteiger partial charge in [0, 0.05) is 51.3 Å². The van der Waals surface area contributed by atoms with Crippen LogP contribution in [-0.4, -0.2) is 39.1 Å². The van der Waals surface area contributed by atoms with Gasteiger partial charge in [0.15, 0.2) is 0 Å². The van der Waals surface area contributed by atoms with Crippen LogP contribution in [0.4, 0.5) is 0 Å². The third-order valence-electron chi connectivity index (χ3n) is 6.65. The summed E-state index contributed by atoms with van der Waals surface area (Å²) in [7, 11) is 0. The minimum Gasteiger partial charge on any atom is -0.478 e. The Balaban J connectivity index is 1.86. The summed E-state index contributed by atoms with van der Waals surface area (Å²) in [4.78, 5) is 11.4. The summed E-state index contributed by atoms with van der Waals surface area (Å²) < 4.78 is 7.89. The molecule has 7 nitrogen and oxygen atoms in total. The van der Waals surface area contributed by atoms with Gasteiger partial charge in [-0.05, 0) is 29.8 Å². The van der Waals surface area contributed by atoms with E-state index in [1.807, 2.05) is 18.3 Å². The Labute approximate surface area is 191 Å². The lowest BCUT2D eigenvalue weighted by molar-refractivity contribution is -0.110. The van der Waals surface area contributed by atoms with Crippen LogP contribution < -0.4 is 0 Å². The molecule has 0 unspecified atom stereocenters. The number of nitrogens with zero attached hydrogens (tertiary/aromatic N) is 3. The third kappa shape index (κ3) is 3.47. The lowest BCUT2D eigenvalue weighted by Gasteiger charge is -2.40. The van der Waals surface area contributed by atoms with Gasteiger partial charge < -0.3 is 14.4 Å². The van der Waals surface area contributed by atoms with Crippen molar-refractivity contribution in [2.24, 2.45) is 5.41 Å². The summed E-state index contributed by atoms with van der Waals surface area (Å²) in [6.07, 6.45) is 2.18. The zero-order chi connectivity index (χ0) is 23.4. The SMILES string of the molecule is CC1(Cn2c(C(C)(C)CC#N)c(-c3ccc(C(=O)O)cc3)c3cc4[nH]ncc4cc32)COC1. The van der Waals surface area contributed by atoms with Crippen LogP contribution in [0.25, 0.3) is 32.9 Å². The van der Waals surface area contributed by atoms with E-state index in [4.69, 9.17) is 4.74 Å². The number of benzene rings is 2. The summed E-state index contributed by atoms with van der Waals surface area (Å²) in [5.41, 5.74) is 4.88. The Morgan fingerprint density at radius 2 is 2.03 bits per heavy atom. The molecule has 0 atom stereocenters. The number of nitrogens with one attached hydrogen (secondary N) is 1. The number of rotatable bonds is 6. The highest BCUT2D eigenvalue weighted by atomic mass is 16.5. The molecule has 1 saturated heterocycles. The van der Waals surface area contributed by atoms with Crippen LogP contribution in [0.15, 0.2) is 42.6 Å². The van der Waals surface area contributed by atoms with E-state index in [1.54, 1.807) is 12.1 Å². The Kier molecular flexibility index (Phi) is 4.80. The maximum Gasteiger partial charge on any atom is 0.335 e. The molecule has 168 valence electrons. The van der Waals surface area contributed by atoms with Gasteiger partial charge in [0.25, 0.3) is 0 Å². The fourth-order valence-corrected chi connectivity index (χ4v) is 4.93. The van der Waals surface area contributed by atoms with Crippen molar-refractivity contribution in [1.82, 2.24) is 14.8 Å². The van der Waals surface area contributed by atoms with Gasteiger partial charge in [0.05, 0.1) is 36.6 Å². The standard InChI is InChI=1S/C26H26N4O3/c1-25(2,8-9-27)23-22(16-4-6-17(7-5-16)24(31)32)19-11-20-18(12-28-29-20)10-21(19)30(23)13-26(3)14-33-15-26/h4-7,10-12H,8,13-15H2,1-3H3,(H,28,29)(H,31,32). The molecule has 1 aliphatic rings. The fourth-order valence-electron chi connectivity index (χ4n) is 4.93. The molecule has 0 saturated carbocycles. The highest BCUT2D eigenvalue weighted by molar-refractivity contribution is 6.05. The number of carbonyl (C=O) groups is 1. The number of ether oxygens (including phenoxy) is 1. The first kappa shape index (κ1) is 21.2. The first-order valence-corrected chi connectivity index (χ1v) is 11.0. The van der Waals surface area contributed by atoms with Crippen LogP contribution >= 0.6 is 0 Å². The number of hydrogen-bond donors (Lipinski definition) is 2. The van der Waals surface area contributed by atoms with Crippen LogP contribution in [0.3, 0.4) is 0 Å². The van der Waals surface area contributed by atoms with Gasteiger partial charge in [-0.15, -0.1) is 0 Å². The van der Waals surface area contributed by atoms with Gasteiger partial charge in [-0.2, -0.15) is 10.4 Å². The second-order valence-electron chi connectivity index (χ2n) is 10.0. The highest BCUT2D eigenvalue weighted by Crippen LogP contribution is 2.45. The molecule has 0 amide bonds. The number of carboxylic acids is 1. The summed E-state index contributed by atoms with van der Waals surface area (Å²) in [6.45, 7) is 8.58. The molecule has 33 heavy (non-hydrogen) atoms. The Bertz CT molecular complexity index is 1420. The lowest BCUT2D eigenvalue weighted by Crippen LogP contribution is -2.44. The van der Waals surface area contributed by atoms with Crippen molar-refractivity contribution < 1.29 is 14.6 Å². The molecule has 0 aliphatic carbocycles. The molecule has 2 aromatic carbocycles. The molecule has 0 radical (unpaired) electrons. The quantitative estimate of drug-likeness (QED) is 0.432. The maximum atomic E-state index is 11.4. The first-order valence-electron chi connectivity index (χ1n) is 11.0. The van der Waals surface area contributed by atoms with Crippen LogP contribution in [0.2, 0.25) is 0 Å². The van der Waals surface area contributed by atoms with Crippen molar-refractivity contribution in [1.29, 1.82) is 5.26 Å². The molecule has 7 heteroatoms. The molecular weight excluding hydrogens is 416 g/mol. The molecule has 0 spiro atoms. The molecule has 3 heterocycles. The maximum absolute atomic E-state index is 11.4. The van der Waals surface area contributed by atoms with Crippen molar-refractivity contribution in [3.05, 3.63) is 53.9 Å². The van der Waals surface area contributed by atoms with Crippen LogP contribution in [0.1, 0.15) is 43.2 Å². The molecule has 2 N–H and O–H groups in total. The van der Waals surface area contributed by atoms with Crippen LogP contribution in [0, 0.1) is 16.7 Å². The van der Waals surface area contributed by atoms with E-state index < -0.39 is 11.4 Å². The van der Waals surface area contributed by atoms with E-state index in [2.05, 4.69) is 53.7 Å². The number of aromatic amines is 1.